The molecule has 2 saturated carbocycles. The van der Waals surface area contributed by atoms with Crippen LogP contribution in [0.2, 0.25) is 0 Å². The van der Waals surface area contributed by atoms with E-state index in [4.69, 9.17) is 0 Å². The highest BCUT2D eigenvalue weighted by Gasteiger charge is 2.24. The number of aliphatic hydroxyl groups is 1. The molecular weight excluding hydrogens is 136 g/mol. The molecular formula is C10H16O. The summed E-state index contributed by atoms with van der Waals surface area (Å²) in [6.45, 7) is 0. The van der Waals surface area contributed by atoms with Gasteiger partial charge < -0.3 is 5.11 Å². The molecule has 0 amide bonds. The Morgan fingerprint density at radius 3 is 2.27 bits per heavy atom. The first kappa shape index (κ1) is 7.20. The van der Waals surface area contributed by atoms with Crippen molar-refractivity contribution in [3.8, 4) is 0 Å². The molecule has 0 atom stereocenters. The van der Waals surface area contributed by atoms with Crippen LogP contribution in [0.25, 0.3) is 0 Å². The molecule has 2 rings (SSSR count). The van der Waals surface area contributed by atoms with Gasteiger partial charge in [-0.25, -0.2) is 0 Å². The fourth-order valence-corrected chi connectivity index (χ4v) is 1.98. The van der Waals surface area contributed by atoms with Crippen LogP contribution in [0, 0.1) is 5.92 Å². The predicted octanol–water partition coefficient (Wildman–Crippen LogP) is 3.17. The van der Waals surface area contributed by atoms with E-state index < -0.39 is 0 Å². The third kappa shape index (κ3) is 1.58. The normalized spacial score (nSPS) is 25.3. The zero-order valence-corrected chi connectivity index (χ0v) is 6.97. The highest BCUT2D eigenvalue weighted by atomic mass is 16.3. The summed E-state index contributed by atoms with van der Waals surface area (Å²) < 4.78 is 0. The summed E-state index contributed by atoms with van der Waals surface area (Å²) in [4.78, 5) is 0. The van der Waals surface area contributed by atoms with Crippen LogP contribution < -0.4 is 0 Å². The van der Waals surface area contributed by atoms with Crippen molar-refractivity contribution in [1.82, 2.24) is 0 Å². The average molecular weight is 152 g/mol. The number of allylic oxidation sites excluding steroid dienone is 2. The van der Waals surface area contributed by atoms with E-state index in [2.05, 4.69) is 0 Å². The van der Waals surface area contributed by atoms with Gasteiger partial charge in [-0.1, -0.05) is 19.3 Å². The molecule has 1 nitrogen and oxygen atoms in total. The highest BCUT2D eigenvalue weighted by Crippen LogP contribution is 2.38. The van der Waals surface area contributed by atoms with Crippen molar-refractivity contribution in [2.75, 3.05) is 0 Å². The van der Waals surface area contributed by atoms with Crippen LogP contribution in [0.4, 0.5) is 0 Å². The van der Waals surface area contributed by atoms with Crippen molar-refractivity contribution < 1.29 is 5.11 Å². The summed E-state index contributed by atoms with van der Waals surface area (Å²) in [5.41, 5.74) is 1.34. The standard InChI is InChI=1S/C10H16O/c11-10(9-6-7-9)8-4-2-1-3-5-8/h8,11H,1-7H2. The Morgan fingerprint density at radius 1 is 1.09 bits per heavy atom. The molecule has 1 heteroatoms. The van der Waals surface area contributed by atoms with Crippen LogP contribution in [-0.2, 0) is 0 Å². The molecule has 0 bridgehead atoms. The Balaban J connectivity index is 1.97. The molecule has 0 unspecified atom stereocenters. The molecule has 0 aromatic carbocycles. The zero-order valence-electron chi connectivity index (χ0n) is 6.97. The van der Waals surface area contributed by atoms with E-state index in [1.165, 1.54) is 50.5 Å². The van der Waals surface area contributed by atoms with Crippen LogP contribution in [0.15, 0.2) is 11.3 Å². The monoisotopic (exact) mass is 152 g/mol. The smallest absolute Gasteiger partial charge is 0.0945 e. The van der Waals surface area contributed by atoms with Gasteiger partial charge in [0.15, 0.2) is 0 Å². The van der Waals surface area contributed by atoms with Gasteiger partial charge in [-0.05, 0) is 31.3 Å². The Bertz CT molecular complexity index is 169. The lowest BCUT2D eigenvalue weighted by molar-refractivity contribution is 0.274. The lowest BCUT2D eigenvalue weighted by Crippen LogP contribution is -2.08. The molecule has 11 heavy (non-hydrogen) atoms. The summed E-state index contributed by atoms with van der Waals surface area (Å²) in [5, 5.41) is 9.69. The van der Waals surface area contributed by atoms with Crippen LogP contribution in [0.3, 0.4) is 0 Å². The SMILES string of the molecule is OC(=C1CC1)C1CCCCC1. The molecule has 2 fully saturated rings. The maximum atomic E-state index is 9.69. The maximum Gasteiger partial charge on any atom is 0.0945 e. The molecule has 0 radical (unpaired) electrons. The Hall–Kier alpha value is -0.460. The van der Waals surface area contributed by atoms with Crippen LogP contribution >= 0.6 is 0 Å². The molecule has 0 aromatic heterocycles. The Kier molecular flexibility index (Phi) is 1.89. The Morgan fingerprint density at radius 2 is 1.73 bits per heavy atom. The van der Waals surface area contributed by atoms with E-state index in [9.17, 15) is 5.11 Å². The van der Waals surface area contributed by atoms with Gasteiger partial charge in [-0.2, -0.15) is 0 Å². The van der Waals surface area contributed by atoms with Gasteiger partial charge in [0, 0.05) is 5.92 Å². The fourth-order valence-electron chi connectivity index (χ4n) is 1.98. The third-order valence-electron chi connectivity index (χ3n) is 2.85. The largest absolute Gasteiger partial charge is 0.512 e. The van der Waals surface area contributed by atoms with E-state index in [1.807, 2.05) is 0 Å². The van der Waals surface area contributed by atoms with Crippen molar-refractivity contribution in [2.24, 2.45) is 5.92 Å². The van der Waals surface area contributed by atoms with E-state index >= 15 is 0 Å². The van der Waals surface area contributed by atoms with E-state index in [1.54, 1.807) is 0 Å². The number of hydrogen-bond donors (Lipinski definition) is 1. The van der Waals surface area contributed by atoms with Crippen LogP contribution in [0.1, 0.15) is 44.9 Å². The summed E-state index contributed by atoms with van der Waals surface area (Å²) in [6.07, 6.45) is 8.82. The predicted molar refractivity (Wildman–Crippen MR) is 45.5 cm³/mol. The third-order valence-corrected chi connectivity index (χ3v) is 2.85. The first-order valence-corrected chi connectivity index (χ1v) is 4.79. The van der Waals surface area contributed by atoms with E-state index in [0.717, 1.165) is 5.76 Å². The fraction of sp³-hybridized carbons (Fsp3) is 0.800. The first-order chi connectivity index (χ1) is 5.38. The van der Waals surface area contributed by atoms with Crippen LogP contribution in [-0.4, -0.2) is 5.11 Å². The first-order valence-electron chi connectivity index (χ1n) is 4.79. The molecule has 0 aromatic rings. The minimum absolute atomic E-state index is 0.543. The molecule has 2 aliphatic rings. The Labute approximate surface area is 68.1 Å². The minimum Gasteiger partial charge on any atom is -0.512 e. The van der Waals surface area contributed by atoms with Gasteiger partial charge in [0.1, 0.15) is 0 Å². The second kappa shape index (κ2) is 2.88. The number of aliphatic hydroxyl groups excluding tert-OH is 1. The average Bonchev–Trinajstić information content (AvgIpc) is 2.87. The van der Waals surface area contributed by atoms with Gasteiger partial charge in [0.25, 0.3) is 0 Å². The summed E-state index contributed by atoms with van der Waals surface area (Å²) in [5.74, 6) is 1.31. The minimum atomic E-state index is 0.543. The lowest BCUT2D eigenvalue weighted by atomic mass is 9.87. The van der Waals surface area contributed by atoms with E-state index in [-0.39, 0.29) is 0 Å². The van der Waals surface area contributed by atoms with Gasteiger partial charge in [0.2, 0.25) is 0 Å². The molecule has 0 heterocycles. The second-order valence-corrected chi connectivity index (χ2v) is 3.82. The van der Waals surface area contributed by atoms with Crippen molar-refractivity contribution in [2.45, 2.75) is 44.9 Å². The quantitative estimate of drug-likeness (QED) is 0.572. The van der Waals surface area contributed by atoms with Gasteiger partial charge in [-0.15, -0.1) is 0 Å². The van der Waals surface area contributed by atoms with Gasteiger partial charge in [-0.3, -0.25) is 0 Å². The van der Waals surface area contributed by atoms with Gasteiger partial charge in [0.05, 0.1) is 5.76 Å². The number of rotatable bonds is 1. The molecule has 0 aliphatic heterocycles. The topological polar surface area (TPSA) is 20.2 Å². The van der Waals surface area contributed by atoms with Crippen molar-refractivity contribution in [3.05, 3.63) is 11.3 Å². The number of hydrogen-bond acceptors (Lipinski definition) is 1. The molecule has 1 N–H and O–H groups in total. The highest BCUT2D eigenvalue weighted by molar-refractivity contribution is 5.22. The summed E-state index contributed by atoms with van der Waals surface area (Å²) in [6, 6.07) is 0. The molecule has 2 aliphatic carbocycles. The van der Waals surface area contributed by atoms with Crippen LogP contribution in [0.5, 0.6) is 0 Å². The lowest BCUT2D eigenvalue weighted by Gasteiger charge is -2.20. The zero-order chi connectivity index (χ0) is 7.68. The molecule has 62 valence electrons. The molecule has 0 spiro atoms. The summed E-state index contributed by atoms with van der Waals surface area (Å²) in [7, 11) is 0. The second-order valence-electron chi connectivity index (χ2n) is 3.82. The van der Waals surface area contributed by atoms with E-state index in [0.29, 0.717) is 5.92 Å². The molecule has 0 saturated heterocycles. The van der Waals surface area contributed by atoms with Crippen molar-refractivity contribution in [3.63, 3.8) is 0 Å². The van der Waals surface area contributed by atoms with Crippen molar-refractivity contribution >= 4 is 0 Å². The van der Waals surface area contributed by atoms with Gasteiger partial charge >= 0.3 is 0 Å². The summed E-state index contributed by atoms with van der Waals surface area (Å²) >= 11 is 0. The van der Waals surface area contributed by atoms with Crippen molar-refractivity contribution in [1.29, 1.82) is 0 Å². The maximum absolute atomic E-state index is 9.69.